The first kappa shape index (κ1) is 10.0. The maximum Gasteiger partial charge on any atom is 0.350 e. The Balaban J connectivity index is 2.66. The molecule has 0 aliphatic rings. The van der Waals surface area contributed by atoms with Crippen LogP contribution in [0.4, 0.5) is 5.69 Å². The Hall–Kier alpha value is -1.07. The lowest BCUT2D eigenvalue weighted by Crippen LogP contribution is -2.05. The third-order valence-electron chi connectivity index (χ3n) is 1.47. The molecule has 0 aliphatic heterocycles. The number of ether oxygens (including phenoxy) is 2. The molecule has 72 valence electrons. The molecular formula is C8H11NO3S. The summed E-state index contributed by atoms with van der Waals surface area (Å²) >= 11 is 1.32. The van der Waals surface area contributed by atoms with E-state index in [2.05, 4.69) is 4.74 Å². The van der Waals surface area contributed by atoms with Crippen molar-refractivity contribution in [3.63, 3.8) is 0 Å². The van der Waals surface area contributed by atoms with Crippen molar-refractivity contribution in [1.82, 2.24) is 0 Å². The number of hydrogen-bond acceptors (Lipinski definition) is 5. The Bertz CT molecular complexity index is 289. The lowest BCUT2D eigenvalue weighted by Gasteiger charge is -1.99. The first-order valence-electron chi connectivity index (χ1n) is 3.67. The smallest absolute Gasteiger partial charge is 0.350 e. The molecule has 5 heteroatoms. The van der Waals surface area contributed by atoms with Gasteiger partial charge in [0.25, 0.3) is 0 Å². The predicted molar refractivity (Wildman–Crippen MR) is 50.8 cm³/mol. The van der Waals surface area contributed by atoms with Crippen LogP contribution in [0.1, 0.15) is 14.5 Å². The number of esters is 1. The fraction of sp³-hybridized carbons (Fsp3) is 0.375. The van der Waals surface area contributed by atoms with Gasteiger partial charge in [-0.1, -0.05) is 0 Å². The van der Waals surface area contributed by atoms with Gasteiger partial charge in [0.05, 0.1) is 0 Å². The van der Waals surface area contributed by atoms with Crippen LogP contribution in [0.15, 0.2) is 6.07 Å². The highest BCUT2D eigenvalue weighted by Gasteiger charge is 2.11. The maximum absolute atomic E-state index is 11.2. The molecule has 0 aliphatic carbocycles. The summed E-state index contributed by atoms with van der Waals surface area (Å²) in [4.78, 5) is 12.6. The molecule has 1 aromatic heterocycles. The molecule has 1 aromatic rings. The average molecular weight is 201 g/mol. The summed E-state index contributed by atoms with van der Waals surface area (Å²) in [6.45, 7) is 1.82. The second kappa shape index (κ2) is 4.25. The maximum atomic E-state index is 11.2. The van der Waals surface area contributed by atoms with E-state index in [0.717, 1.165) is 4.88 Å². The normalized spacial score (nSPS) is 10.0. The van der Waals surface area contributed by atoms with E-state index in [4.69, 9.17) is 10.5 Å². The molecule has 1 rings (SSSR count). The minimum absolute atomic E-state index is 0.0321. The first-order chi connectivity index (χ1) is 6.15. The molecule has 4 nitrogen and oxygen atoms in total. The van der Waals surface area contributed by atoms with Crippen LogP contribution in [0.25, 0.3) is 0 Å². The number of nitrogens with two attached hydrogens (primary N) is 1. The minimum atomic E-state index is -0.397. The van der Waals surface area contributed by atoms with E-state index in [1.807, 2.05) is 6.92 Å². The van der Waals surface area contributed by atoms with E-state index in [1.165, 1.54) is 18.4 Å². The van der Waals surface area contributed by atoms with E-state index in [0.29, 0.717) is 10.6 Å². The Kier molecular flexibility index (Phi) is 3.27. The second-order valence-electron chi connectivity index (χ2n) is 2.46. The van der Waals surface area contributed by atoms with Crippen LogP contribution in [-0.4, -0.2) is 19.9 Å². The van der Waals surface area contributed by atoms with Crippen molar-refractivity contribution in [3.05, 3.63) is 15.8 Å². The largest absolute Gasteiger partial charge is 0.434 e. The van der Waals surface area contributed by atoms with Gasteiger partial charge in [-0.15, -0.1) is 11.3 Å². The lowest BCUT2D eigenvalue weighted by atomic mass is 10.4. The van der Waals surface area contributed by atoms with Gasteiger partial charge in [0.15, 0.2) is 6.79 Å². The summed E-state index contributed by atoms with van der Waals surface area (Å²) < 4.78 is 9.34. The number of methoxy groups -OCH3 is 1. The Morgan fingerprint density at radius 1 is 1.69 bits per heavy atom. The molecule has 0 atom stereocenters. The number of nitrogen functional groups attached to an aromatic ring is 1. The molecule has 0 saturated carbocycles. The van der Waals surface area contributed by atoms with Gasteiger partial charge in [0.1, 0.15) is 4.88 Å². The van der Waals surface area contributed by atoms with Crippen LogP contribution in [0, 0.1) is 6.92 Å². The predicted octanol–water partition coefficient (Wildman–Crippen LogP) is 1.40. The number of carbonyl (C=O) groups excluding carboxylic acids is 1. The number of thiophene rings is 1. The molecule has 0 bridgehead atoms. The topological polar surface area (TPSA) is 61.5 Å². The van der Waals surface area contributed by atoms with Gasteiger partial charge < -0.3 is 15.2 Å². The van der Waals surface area contributed by atoms with Crippen molar-refractivity contribution < 1.29 is 14.3 Å². The molecule has 2 N–H and O–H groups in total. The van der Waals surface area contributed by atoms with Gasteiger partial charge in [-0.05, 0) is 13.0 Å². The van der Waals surface area contributed by atoms with Crippen molar-refractivity contribution in [1.29, 1.82) is 0 Å². The lowest BCUT2D eigenvalue weighted by molar-refractivity contribution is -0.0120. The van der Waals surface area contributed by atoms with Crippen LogP contribution < -0.4 is 5.73 Å². The van der Waals surface area contributed by atoms with Crippen molar-refractivity contribution in [2.24, 2.45) is 0 Å². The minimum Gasteiger partial charge on any atom is -0.434 e. The van der Waals surface area contributed by atoms with Gasteiger partial charge in [-0.2, -0.15) is 0 Å². The van der Waals surface area contributed by atoms with Crippen molar-refractivity contribution in [2.45, 2.75) is 6.92 Å². The number of hydrogen-bond donors (Lipinski definition) is 1. The Morgan fingerprint density at radius 2 is 2.38 bits per heavy atom. The second-order valence-corrected chi connectivity index (χ2v) is 3.72. The van der Waals surface area contributed by atoms with Gasteiger partial charge in [0.2, 0.25) is 0 Å². The number of anilines is 1. The monoisotopic (exact) mass is 201 g/mol. The van der Waals surface area contributed by atoms with E-state index in [1.54, 1.807) is 6.07 Å². The highest BCUT2D eigenvalue weighted by Crippen LogP contribution is 2.23. The number of carbonyl (C=O) groups is 1. The third kappa shape index (κ3) is 2.43. The first-order valence-corrected chi connectivity index (χ1v) is 4.48. The van der Waals surface area contributed by atoms with Crippen LogP contribution in [-0.2, 0) is 9.47 Å². The van der Waals surface area contributed by atoms with Crippen molar-refractivity contribution >= 4 is 23.0 Å². The van der Waals surface area contributed by atoms with E-state index < -0.39 is 5.97 Å². The van der Waals surface area contributed by atoms with E-state index in [-0.39, 0.29) is 6.79 Å². The third-order valence-corrected chi connectivity index (χ3v) is 2.51. The molecular weight excluding hydrogens is 190 g/mol. The molecule has 1 heterocycles. The fourth-order valence-electron chi connectivity index (χ4n) is 0.780. The average Bonchev–Trinajstić information content (AvgIpc) is 2.43. The molecule has 13 heavy (non-hydrogen) atoms. The molecule has 0 radical (unpaired) electrons. The van der Waals surface area contributed by atoms with Gasteiger partial charge in [-0.25, -0.2) is 4.79 Å². The molecule has 0 fully saturated rings. The van der Waals surface area contributed by atoms with Crippen LogP contribution in [0.3, 0.4) is 0 Å². The standard InChI is InChI=1S/C8H11NO3S/c1-5-6(9)3-7(13-5)8(10)12-4-11-2/h3H,4,9H2,1-2H3. The number of aryl methyl sites for hydroxylation is 1. The molecule has 0 amide bonds. The highest BCUT2D eigenvalue weighted by atomic mass is 32.1. The summed E-state index contributed by atoms with van der Waals surface area (Å²) in [5.41, 5.74) is 6.20. The van der Waals surface area contributed by atoms with Gasteiger partial charge in [0, 0.05) is 17.7 Å². The van der Waals surface area contributed by atoms with E-state index >= 15 is 0 Å². The van der Waals surface area contributed by atoms with Crippen LogP contribution in [0.5, 0.6) is 0 Å². The van der Waals surface area contributed by atoms with Gasteiger partial charge >= 0.3 is 5.97 Å². The highest BCUT2D eigenvalue weighted by molar-refractivity contribution is 7.14. The van der Waals surface area contributed by atoms with E-state index in [9.17, 15) is 4.79 Å². The summed E-state index contributed by atoms with van der Waals surface area (Å²) in [5, 5.41) is 0. The zero-order valence-electron chi connectivity index (χ0n) is 7.49. The fourth-order valence-corrected chi connectivity index (χ4v) is 1.62. The quantitative estimate of drug-likeness (QED) is 0.593. The molecule has 0 spiro atoms. The summed E-state index contributed by atoms with van der Waals surface area (Å²) in [7, 11) is 1.46. The summed E-state index contributed by atoms with van der Waals surface area (Å²) in [5.74, 6) is -0.397. The zero-order valence-corrected chi connectivity index (χ0v) is 8.31. The molecule has 0 saturated heterocycles. The van der Waals surface area contributed by atoms with Crippen molar-refractivity contribution in [2.75, 3.05) is 19.6 Å². The summed E-state index contributed by atoms with van der Waals surface area (Å²) in [6, 6.07) is 1.61. The van der Waals surface area contributed by atoms with Crippen molar-refractivity contribution in [3.8, 4) is 0 Å². The molecule has 0 aromatic carbocycles. The number of rotatable bonds is 3. The molecule has 0 unspecified atom stereocenters. The Morgan fingerprint density at radius 3 is 2.85 bits per heavy atom. The zero-order chi connectivity index (χ0) is 9.84. The van der Waals surface area contributed by atoms with Gasteiger partial charge in [-0.3, -0.25) is 0 Å². The Labute approximate surface area is 80.3 Å². The summed E-state index contributed by atoms with van der Waals surface area (Å²) in [6.07, 6.45) is 0. The SMILES string of the molecule is COCOC(=O)c1cc(N)c(C)s1. The van der Waals surface area contributed by atoms with Crippen LogP contribution >= 0.6 is 11.3 Å². The van der Waals surface area contributed by atoms with Crippen LogP contribution in [0.2, 0.25) is 0 Å².